The fraction of sp³-hybridized carbons (Fsp3) is 0.308. The SMILES string of the molecule is COCc1nc2nc(C)ccc2cc1C(=O)OC. The van der Waals surface area contributed by atoms with Crippen LogP contribution in [0.1, 0.15) is 21.7 Å². The summed E-state index contributed by atoms with van der Waals surface area (Å²) in [6.07, 6.45) is 0. The van der Waals surface area contributed by atoms with Crippen molar-refractivity contribution in [1.29, 1.82) is 0 Å². The third-order valence-electron chi connectivity index (χ3n) is 2.58. The minimum atomic E-state index is -0.419. The molecule has 2 aromatic rings. The number of carbonyl (C=O) groups is 1. The third kappa shape index (κ3) is 2.31. The smallest absolute Gasteiger partial charge is 0.339 e. The number of rotatable bonds is 3. The Bertz CT molecular complexity index is 596. The van der Waals surface area contributed by atoms with Gasteiger partial charge in [0.05, 0.1) is 25.0 Å². The highest BCUT2D eigenvalue weighted by Crippen LogP contribution is 2.17. The lowest BCUT2D eigenvalue weighted by Gasteiger charge is -2.08. The molecule has 2 aromatic heterocycles. The zero-order valence-electron chi connectivity index (χ0n) is 10.6. The Balaban J connectivity index is 2.64. The standard InChI is InChI=1S/C13H14N2O3/c1-8-4-5-9-6-10(13(16)18-3)11(7-17-2)15-12(9)14-8/h4-6H,7H2,1-3H3. The number of ether oxygens (including phenoxy) is 2. The van der Waals surface area contributed by atoms with Crippen molar-refractivity contribution in [2.24, 2.45) is 0 Å². The maximum atomic E-state index is 11.7. The Morgan fingerprint density at radius 3 is 2.72 bits per heavy atom. The Kier molecular flexibility index (Phi) is 3.53. The molecule has 0 bridgehead atoms. The van der Waals surface area contributed by atoms with Crippen LogP contribution in [0.4, 0.5) is 0 Å². The summed E-state index contributed by atoms with van der Waals surface area (Å²) in [5.41, 5.74) is 2.44. The van der Waals surface area contributed by atoms with Gasteiger partial charge in [0.2, 0.25) is 0 Å². The first kappa shape index (κ1) is 12.4. The van der Waals surface area contributed by atoms with Gasteiger partial charge in [-0.3, -0.25) is 0 Å². The van der Waals surface area contributed by atoms with E-state index in [9.17, 15) is 4.79 Å². The number of aryl methyl sites for hydroxylation is 1. The second-order valence-electron chi connectivity index (χ2n) is 3.91. The summed E-state index contributed by atoms with van der Waals surface area (Å²) in [4.78, 5) is 20.4. The molecule has 94 valence electrons. The molecule has 0 N–H and O–H groups in total. The molecule has 0 saturated carbocycles. The number of fused-ring (bicyclic) bond motifs is 1. The summed E-state index contributed by atoms with van der Waals surface area (Å²) in [7, 11) is 2.90. The summed E-state index contributed by atoms with van der Waals surface area (Å²) in [5.74, 6) is -0.419. The molecule has 0 aliphatic rings. The molecule has 0 amide bonds. The van der Waals surface area contributed by atoms with Gasteiger partial charge in [-0.25, -0.2) is 14.8 Å². The zero-order chi connectivity index (χ0) is 13.1. The fourth-order valence-corrected chi connectivity index (χ4v) is 1.72. The summed E-state index contributed by atoms with van der Waals surface area (Å²) in [5, 5.41) is 0.806. The number of esters is 1. The van der Waals surface area contributed by atoms with Crippen LogP contribution in [-0.2, 0) is 16.1 Å². The van der Waals surface area contributed by atoms with E-state index < -0.39 is 5.97 Å². The van der Waals surface area contributed by atoms with Crippen molar-refractivity contribution in [3.8, 4) is 0 Å². The van der Waals surface area contributed by atoms with Crippen LogP contribution in [0.2, 0.25) is 0 Å². The van der Waals surface area contributed by atoms with Crippen LogP contribution in [0, 0.1) is 6.92 Å². The van der Waals surface area contributed by atoms with Crippen molar-refractivity contribution in [3.05, 3.63) is 35.2 Å². The van der Waals surface area contributed by atoms with Crippen LogP contribution in [-0.4, -0.2) is 30.2 Å². The van der Waals surface area contributed by atoms with Gasteiger partial charge in [-0.15, -0.1) is 0 Å². The quantitative estimate of drug-likeness (QED) is 0.774. The van der Waals surface area contributed by atoms with E-state index >= 15 is 0 Å². The monoisotopic (exact) mass is 246 g/mol. The molecule has 0 spiro atoms. The van der Waals surface area contributed by atoms with Gasteiger partial charge in [0, 0.05) is 18.2 Å². The lowest BCUT2D eigenvalue weighted by Crippen LogP contribution is -2.09. The summed E-state index contributed by atoms with van der Waals surface area (Å²) in [6.45, 7) is 2.14. The molecule has 0 fully saturated rings. The number of pyridine rings is 2. The van der Waals surface area contributed by atoms with E-state index in [-0.39, 0.29) is 6.61 Å². The van der Waals surface area contributed by atoms with Crippen LogP contribution >= 0.6 is 0 Å². The van der Waals surface area contributed by atoms with Gasteiger partial charge in [-0.2, -0.15) is 0 Å². The fourth-order valence-electron chi connectivity index (χ4n) is 1.72. The predicted octanol–water partition coefficient (Wildman–Crippen LogP) is 1.87. The minimum Gasteiger partial charge on any atom is -0.465 e. The Morgan fingerprint density at radius 1 is 1.28 bits per heavy atom. The lowest BCUT2D eigenvalue weighted by atomic mass is 10.1. The highest BCUT2D eigenvalue weighted by atomic mass is 16.5. The number of nitrogens with zero attached hydrogens (tertiary/aromatic N) is 2. The molecule has 0 radical (unpaired) electrons. The maximum absolute atomic E-state index is 11.7. The number of hydrogen-bond donors (Lipinski definition) is 0. The predicted molar refractivity (Wildman–Crippen MR) is 66.3 cm³/mol. The molecule has 0 unspecified atom stereocenters. The largest absolute Gasteiger partial charge is 0.465 e. The van der Waals surface area contributed by atoms with Crippen LogP contribution in [0.5, 0.6) is 0 Å². The molecule has 2 heterocycles. The lowest BCUT2D eigenvalue weighted by molar-refractivity contribution is 0.0595. The molecule has 5 heteroatoms. The van der Waals surface area contributed by atoms with Gasteiger partial charge >= 0.3 is 5.97 Å². The molecule has 0 saturated heterocycles. The first-order valence-electron chi connectivity index (χ1n) is 5.50. The van der Waals surface area contributed by atoms with Crippen molar-refractivity contribution in [3.63, 3.8) is 0 Å². The van der Waals surface area contributed by atoms with Crippen molar-refractivity contribution in [2.45, 2.75) is 13.5 Å². The van der Waals surface area contributed by atoms with E-state index in [0.29, 0.717) is 16.9 Å². The first-order chi connectivity index (χ1) is 8.65. The van der Waals surface area contributed by atoms with E-state index in [1.54, 1.807) is 13.2 Å². The average Bonchev–Trinajstić information content (AvgIpc) is 2.37. The van der Waals surface area contributed by atoms with Gasteiger partial charge in [0.25, 0.3) is 0 Å². The zero-order valence-corrected chi connectivity index (χ0v) is 10.6. The van der Waals surface area contributed by atoms with Gasteiger partial charge in [0.1, 0.15) is 0 Å². The van der Waals surface area contributed by atoms with Crippen LogP contribution in [0.3, 0.4) is 0 Å². The first-order valence-corrected chi connectivity index (χ1v) is 5.50. The molecular weight excluding hydrogens is 232 g/mol. The molecule has 0 atom stereocenters. The Hall–Kier alpha value is -2.01. The number of carbonyl (C=O) groups excluding carboxylic acids is 1. The van der Waals surface area contributed by atoms with Gasteiger partial charge < -0.3 is 9.47 Å². The average molecular weight is 246 g/mol. The summed E-state index contributed by atoms with van der Waals surface area (Å²) < 4.78 is 9.79. The van der Waals surface area contributed by atoms with Crippen molar-refractivity contribution < 1.29 is 14.3 Å². The minimum absolute atomic E-state index is 0.246. The highest BCUT2D eigenvalue weighted by Gasteiger charge is 2.15. The number of aromatic nitrogens is 2. The molecule has 0 aliphatic heterocycles. The normalized spacial score (nSPS) is 10.6. The van der Waals surface area contributed by atoms with Gasteiger partial charge in [-0.1, -0.05) is 0 Å². The highest BCUT2D eigenvalue weighted by molar-refractivity contribution is 5.94. The molecule has 0 aliphatic carbocycles. The van der Waals surface area contributed by atoms with E-state index in [1.165, 1.54) is 7.11 Å². The molecule has 0 aromatic carbocycles. The van der Waals surface area contributed by atoms with E-state index in [2.05, 4.69) is 9.97 Å². The van der Waals surface area contributed by atoms with Crippen molar-refractivity contribution >= 4 is 17.0 Å². The molecule has 2 rings (SSSR count). The van der Waals surface area contributed by atoms with Crippen LogP contribution in [0.15, 0.2) is 18.2 Å². The van der Waals surface area contributed by atoms with Gasteiger partial charge in [-0.05, 0) is 25.1 Å². The Labute approximate surface area is 105 Å². The second-order valence-corrected chi connectivity index (χ2v) is 3.91. The summed E-state index contributed by atoms with van der Waals surface area (Å²) >= 11 is 0. The second kappa shape index (κ2) is 5.10. The van der Waals surface area contributed by atoms with Crippen LogP contribution in [0.25, 0.3) is 11.0 Å². The van der Waals surface area contributed by atoms with E-state index in [1.807, 2.05) is 19.1 Å². The number of methoxy groups -OCH3 is 2. The topological polar surface area (TPSA) is 61.3 Å². The summed E-state index contributed by atoms with van der Waals surface area (Å²) in [6, 6.07) is 5.49. The van der Waals surface area contributed by atoms with Crippen molar-refractivity contribution in [1.82, 2.24) is 9.97 Å². The molecular formula is C13H14N2O3. The van der Waals surface area contributed by atoms with Crippen molar-refractivity contribution in [2.75, 3.05) is 14.2 Å². The maximum Gasteiger partial charge on any atom is 0.339 e. The van der Waals surface area contributed by atoms with Crippen LogP contribution < -0.4 is 0 Å². The molecule has 5 nitrogen and oxygen atoms in total. The number of hydrogen-bond acceptors (Lipinski definition) is 5. The van der Waals surface area contributed by atoms with Gasteiger partial charge in [0.15, 0.2) is 5.65 Å². The Morgan fingerprint density at radius 2 is 2.06 bits per heavy atom. The molecule has 18 heavy (non-hydrogen) atoms. The third-order valence-corrected chi connectivity index (χ3v) is 2.58. The van der Waals surface area contributed by atoms with E-state index in [0.717, 1.165) is 11.1 Å². The van der Waals surface area contributed by atoms with E-state index in [4.69, 9.17) is 9.47 Å².